The topological polar surface area (TPSA) is 142 Å². The Kier molecular flexibility index (Phi) is 13.1. The molecule has 11 nitrogen and oxygen atoms in total. The van der Waals surface area contributed by atoms with Gasteiger partial charge < -0.3 is 35.5 Å². The van der Waals surface area contributed by atoms with E-state index >= 15 is 0 Å². The quantitative estimate of drug-likeness (QED) is 0.0619. The molecular weight excluding hydrogens is 785 g/mol. The van der Waals surface area contributed by atoms with Crippen molar-refractivity contribution in [3.05, 3.63) is 194 Å². The molecule has 0 unspecified atom stereocenters. The lowest BCUT2D eigenvalue weighted by Gasteiger charge is -2.25. The smallest absolute Gasteiger partial charge is 0.274 e. The predicted octanol–water partition coefficient (Wildman–Crippen LogP) is 7.88. The highest BCUT2D eigenvalue weighted by molar-refractivity contribution is 5.88. The molecule has 320 valence electrons. The second kappa shape index (κ2) is 19.3. The lowest BCUT2D eigenvalue weighted by atomic mass is 9.96. The Labute approximate surface area is 367 Å². The molecule has 0 aliphatic carbocycles. The Hall–Kier alpha value is -7.08. The van der Waals surface area contributed by atoms with Crippen molar-refractivity contribution in [2.45, 2.75) is 37.8 Å². The third-order valence-electron chi connectivity index (χ3n) is 11.7. The maximum absolute atomic E-state index is 12.7. The van der Waals surface area contributed by atoms with Gasteiger partial charge in [-0.25, -0.2) is 0 Å². The number of hydrogen-bond acceptors (Lipinski definition) is 9. The van der Waals surface area contributed by atoms with E-state index in [0.717, 1.165) is 62.8 Å². The van der Waals surface area contributed by atoms with Gasteiger partial charge in [0.05, 0.1) is 0 Å². The number of rotatable bonds is 17. The number of aromatic hydroxyl groups is 1. The molecular formula is C52H54N8O3. The van der Waals surface area contributed by atoms with E-state index in [4.69, 9.17) is 0 Å². The maximum atomic E-state index is 12.7. The van der Waals surface area contributed by atoms with Crippen molar-refractivity contribution in [1.82, 2.24) is 29.7 Å². The average molecular weight is 839 g/mol. The van der Waals surface area contributed by atoms with Crippen LogP contribution >= 0.6 is 0 Å². The first-order valence-corrected chi connectivity index (χ1v) is 21.4. The number of hydrogen-bond donors (Lipinski definition) is 5. The number of aromatic amines is 2. The number of fused-ring (bicyclic) bond motifs is 2. The molecule has 2 heterocycles. The van der Waals surface area contributed by atoms with E-state index in [-0.39, 0.29) is 29.0 Å². The van der Waals surface area contributed by atoms with Crippen LogP contribution in [-0.4, -0.2) is 88.2 Å². The van der Waals surface area contributed by atoms with Gasteiger partial charge in [-0.3, -0.25) is 9.59 Å². The summed E-state index contributed by atoms with van der Waals surface area (Å²) in [6.07, 6.45) is 2.71. The summed E-state index contributed by atoms with van der Waals surface area (Å²) in [5.74, 6) is 1.16. The molecule has 0 bridgehead atoms. The van der Waals surface area contributed by atoms with E-state index in [9.17, 15) is 14.7 Å². The first kappa shape index (κ1) is 42.6. The van der Waals surface area contributed by atoms with Crippen LogP contribution in [-0.2, 0) is 25.7 Å². The van der Waals surface area contributed by atoms with E-state index in [1.54, 1.807) is 24.3 Å². The van der Waals surface area contributed by atoms with E-state index in [0.29, 0.717) is 37.8 Å². The molecule has 8 aromatic rings. The van der Waals surface area contributed by atoms with Gasteiger partial charge in [0.25, 0.3) is 11.1 Å². The van der Waals surface area contributed by atoms with Crippen LogP contribution in [0.15, 0.2) is 149 Å². The van der Waals surface area contributed by atoms with Gasteiger partial charge in [-0.15, -0.1) is 0 Å². The Morgan fingerprint density at radius 2 is 1.02 bits per heavy atom. The Morgan fingerprint density at radius 3 is 1.62 bits per heavy atom. The number of nitrogens with zero attached hydrogens (tertiary/aromatic N) is 4. The number of phenolic OH excluding ortho intramolecular Hbond substituents is 1. The van der Waals surface area contributed by atoms with Crippen LogP contribution in [0.3, 0.4) is 0 Å². The molecule has 0 saturated heterocycles. The van der Waals surface area contributed by atoms with Crippen LogP contribution in [0.1, 0.15) is 33.6 Å². The van der Waals surface area contributed by atoms with Crippen LogP contribution in [0, 0.1) is 0 Å². The molecule has 6 aromatic carbocycles. The number of aromatic nitrogens is 4. The molecule has 0 aliphatic rings. The second-order valence-corrected chi connectivity index (χ2v) is 16.9. The Balaban J connectivity index is 0.920. The van der Waals surface area contributed by atoms with Gasteiger partial charge in [0.1, 0.15) is 5.75 Å². The fraction of sp³-hybridized carbons (Fsp3) is 0.231. The SMILES string of the molecule is CN(C)[C@H](CNc1nc(=O)cc(Cc2ccc3ccc(-c4cccc(C[C@@H](CNc5nc(=O)cc(Cc6ccc7ccccc7c6)[nH]5)N(C)C)c4)cc3c2)[nH]1)Cc1ccc(O)cc1. The summed E-state index contributed by atoms with van der Waals surface area (Å²) in [6, 6.07) is 47.0. The van der Waals surface area contributed by atoms with Crippen molar-refractivity contribution in [2.75, 3.05) is 51.9 Å². The third kappa shape index (κ3) is 11.3. The van der Waals surface area contributed by atoms with Crippen molar-refractivity contribution < 1.29 is 5.11 Å². The Morgan fingerprint density at radius 1 is 0.508 bits per heavy atom. The molecule has 63 heavy (non-hydrogen) atoms. The summed E-state index contributed by atoms with van der Waals surface area (Å²) in [5.41, 5.74) is 7.80. The minimum Gasteiger partial charge on any atom is -0.508 e. The Bertz CT molecular complexity index is 2960. The highest BCUT2D eigenvalue weighted by atomic mass is 16.3. The maximum Gasteiger partial charge on any atom is 0.274 e. The number of benzene rings is 6. The zero-order chi connectivity index (χ0) is 43.9. The summed E-state index contributed by atoms with van der Waals surface area (Å²) in [7, 11) is 8.20. The standard InChI is InChI=1S/C52H54N8O3/c1-59(2)46(27-34-14-20-48(61)21-15-34)32-53-51-56-45(31-50(63)57-51)26-37-13-17-39-18-19-42(29-43(39)24-37)41-11-7-8-35(22-41)28-47(60(3)4)33-54-52-55-44(30-49(62)58-52)25-36-12-16-38-9-5-6-10-40(38)23-36/h5-24,29-31,46-47,61H,25-28,32-33H2,1-4H3,(H2,53,56,57,63)(H2,54,55,58,62)/t46-,47-/m0/s1. The zero-order valence-corrected chi connectivity index (χ0v) is 36.2. The fourth-order valence-corrected chi connectivity index (χ4v) is 8.11. The van der Waals surface area contributed by atoms with Crippen LogP contribution < -0.4 is 21.8 Å². The van der Waals surface area contributed by atoms with Gasteiger partial charge in [0.15, 0.2) is 0 Å². The van der Waals surface area contributed by atoms with E-state index in [1.807, 2.05) is 38.4 Å². The van der Waals surface area contributed by atoms with E-state index in [1.165, 1.54) is 16.3 Å². The average Bonchev–Trinajstić information content (AvgIpc) is 3.26. The largest absolute Gasteiger partial charge is 0.508 e. The minimum atomic E-state index is -0.296. The molecule has 5 N–H and O–H groups in total. The summed E-state index contributed by atoms with van der Waals surface area (Å²) in [4.78, 5) is 44.9. The van der Waals surface area contributed by atoms with Crippen molar-refractivity contribution in [1.29, 1.82) is 0 Å². The first-order valence-electron chi connectivity index (χ1n) is 21.4. The van der Waals surface area contributed by atoms with Gasteiger partial charge in [0, 0.05) is 61.5 Å². The van der Waals surface area contributed by atoms with Gasteiger partial charge in [0.2, 0.25) is 11.9 Å². The van der Waals surface area contributed by atoms with Crippen LogP contribution in [0.5, 0.6) is 5.75 Å². The van der Waals surface area contributed by atoms with Crippen LogP contribution in [0.25, 0.3) is 32.7 Å². The molecule has 0 saturated carbocycles. The molecule has 8 rings (SSSR count). The third-order valence-corrected chi connectivity index (χ3v) is 11.7. The number of likely N-dealkylation sites (N-methyl/N-ethyl adjacent to an activating group) is 2. The van der Waals surface area contributed by atoms with Crippen molar-refractivity contribution in [2.24, 2.45) is 0 Å². The minimum absolute atomic E-state index is 0.129. The van der Waals surface area contributed by atoms with Gasteiger partial charge in [-0.1, -0.05) is 109 Å². The molecule has 0 amide bonds. The molecule has 0 radical (unpaired) electrons. The summed E-state index contributed by atoms with van der Waals surface area (Å²) < 4.78 is 0. The summed E-state index contributed by atoms with van der Waals surface area (Å²) in [6.45, 7) is 1.17. The molecule has 0 spiro atoms. The molecule has 11 heteroatoms. The van der Waals surface area contributed by atoms with Gasteiger partial charge in [-0.2, -0.15) is 9.97 Å². The second-order valence-electron chi connectivity index (χ2n) is 16.9. The number of nitrogens with one attached hydrogen (secondary N) is 4. The predicted molar refractivity (Wildman–Crippen MR) is 256 cm³/mol. The molecule has 2 aromatic heterocycles. The lowest BCUT2D eigenvalue weighted by molar-refractivity contribution is 0.303. The van der Waals surface area contributed by atoms with Crippen molar-refractivity contribution in [3.8, 4) is 16.9 Å². The van der Waals surface area contributed by atoms with E-state index in [2.05, 4.69) is 145 Å². The summed E-state index contributed by atoms with van der Waals surface area (Å²) >= 11 is 0. The van der Waals surface area contributed by atoms with E-state index < -0.39 is 0 Å². The van der Waals surface area contributed by atoms with Gasteiger partial charge >= 0.3 is 0 Å². The lowest BCUT2D eigenvalue weighted by Crippen LogP contribution is -2.37. The van der Waals surface area contributed by atoms with Crippen LogP contribution in [0.4, 0.5) is 11.9 Å². The molecule has 0 fully saturated rings. The molecule has 2 atom stereocenters. The number of anilines is 2. The number of H-pyrrole nitrogens is 2. The number of phenols is 1. The molecule has 0 aliphatic heterocycles. The normalized spacial score (nSPS) is 12.5. The van der Waals surface area contributed by atoms with Crippen LogP contribution in [0.2, 0.25) is 0 Å². The van der Waals surface area contributed by atoms with Gasteiger partial charge in [-0.05, 0) is 114 Å². The highest BCUT2D eigenvalue weighted by Gasteiger charge is 2.16. The highest BCUT2D eigenvalue weighted by Crippen LogP contribution is 2.27. The fourth-order valence-electron chi connectivity index (χ4n) is 8.11. The zero-order valence-electron chi connectivity index (χ0n) is 36.2. The van der Waals surface area contributed by atoms with Crippen molar-refractivity contribution >= 4 is 33.4 Å². The summed E-state index contributed by atoms with van der Waals surface area (Å²) in [5, 5.41) is 21.1. The first-order chi connectivity index (χ1) is 30.5. The monoisotopic (exact) mass is 838 g/mol. The van der Waals surface area contributed by atoms with Crippen molar-refractivity contribution in [3.63, 3.8) is 0 Å².